The molecule has 1 rings (SSSR count). The SMILES string of the molecule is C=C(CN)CN(C)C(C)Cc1cccs1. The van der Waals surface area contributed by atoms with Crippen LogP contribution in [0.25, 0.3) is 0 Å². The van der Waals surface area contributed by atoms with E-state index in [0.29, 0.717) is 12.6 Å². The van der Waals surface area contributed by atoms with Gasteiger partial charge in [0.15, 0.2) is 0 Å². The highest BCUT2D eigenvalue weighted by Gasteiger charge is 2.10. The Morgan fingerprint density at radius 2 is 2.40 bits per heavy atom. The van der Waals surface area contributed by atoms with Crippen molar-refractivity contribution in [2.45, 2.75) is 19.4 Å². The van der Waals surface area contributed by atoms with Gasteiger partial charge in [0.2, 0.25) is 0 Å². The van der Waals surface area contributed by atoms with E-state index < -0.39 is 0 Å². The standard InChI is InChI=1S/C12H20N2S/c1-10(8-13)9-14(3)11(2)7-12-5-4-6-15-12/h4-6,11H,1,7-9,13H2,2-3H3. The molecule has 1 aromatic rings. The summed E-state index contributed by atoms with van der Waals surface area (Å²) in [5.41, 5.74) is 6.63. The molecule has 84 valence electrons. The van der Waals surface area contributed by atoms with Gasteiger partial charge in [-0.1, -0.05) is 12.6 Å². The first kappa shape index (κ1) is 12.4. The molecule has 1 unspecified atom stereocenters. The van der Waals surface area contributed by atoms with Crippen molar-refractivity contribution in [3.8, 4) is 0 Å². The Hall–Kier alpha value is -0.640. The first-order valence-electron chi connectivity index (χ1n) is 5.22. The summed E-state index contributed by atoms with van der Waals surface area (Å²) in [6, 6.07) is 4.82. The lowest BCUT2D eigenvalue weighted by molar-refractivity contribution is 0.277. The number of nitrogens with zero attached hydrogens (tertiary/aromatic N) is 1. The molecule has 0 saturated carbocycles. The van der Waals surface area contributed by atoms with Crippen LogP contribution in [-0.2, 0) is 6.42 Å². The quantitative estimate of drug-likeness (QED) is 0.750. The van der Waals surface area contributed by atoms with Crippen molar-refractivity contribution in [3.63, 3.8) is 0 Å². The second-order valence-corrected chi connectivity index (χ2v) is 5.03. The Balaban J connectivity index is 2.39. The number of nitrogens with two attached hydrogens (primary N) is 1. The monoisotopic (exact) mass is 224 g/mol. The van der Waals surface area contributed by atoms with Gasteiger partial charge in [-0.3, -0.25) is 4.90 Å². The molecule has 1 aromatic heterocycles. The molecule has 0 aliphatic heterocycles. The molecular weight excluding hydrogens is 204 g/mol. The Kier molecular flexibility index (Phi) is 5.02. The highest BCUT2D eigenvalue weighted by molar-refractivity contribution is 7.09. The van der Waals surface area contributed by atoms with Crippen LogP contribution >= 0.6 is 11.3 Å². The summed E-state index contributed by atoms with van der Waals surface area (Å²) in [7, 11) is 2.12. The Bertz CT molecular complexity index is 293. The van der Waals surface area contributed by atoms with Crippen molar-refractivity contribution in [2.24, 2.45) is 5.73 Å². The number of rotatable bonds is 6. The topological polar surface area (TPSA) is 29.3 Å². The maximum atomic E-state index is 5.53. The lowest BCUT2D eigenvalue weighted by Gasteiger charge is -2.24. The van der Waals surface area contributed by atoms with Crippen LogP contribution in [0.2, 0.25) is 0 Å². The predicted molar refractivity (Wildman–Crippen MR) is 68.3 cm³/mol. The first-order valence-corrected chi connectivity index (χ1v) is 6.10. The molecule has 15 heavy (non-hydrogen) atoms. The molecule has 0 amide bonds. The van der Waals surface area contributed by atoms with Gasteiger partial charge in [-0.2, -0.15) is 0 Å². The third-order valence-corrected chi connectivity index (χ3v) is 3.49. The number of hydrogen-bond acceptors (Lipinski definition) is 3. The molecule has 0 spiro atoms. The van der Waals surface area contributed by atoms with E-state index in [0.717, 1.165) is 18.5 Å². The maximum Gasteiger partial charge on any atom is 0.0202 e. The van der Waals surface area contributed by atoms with E-state index in [1.54, 1.807) is 0 Å². The average molecular weight is 224 g/mol. The van der Waals surface area contributed by atoms with Crippen LogP contribution in [0.1, 0.15) is 11.8 Å². The zero-order chi connectivity index (χ0) is 11.3. The fourth-order valence-corrected chi connectivity index (χ4v) is 2.28. The Labute approximate surface area is 96.4 Å². The predicted octanol–water partition coefficient (Wildman–Crippen LogP) is 2.13. The van der Waals surface area contributed by atoms with Gasteiger partial charge in [0.1, 0.15) is 0 Å². The zero-order valence-corrected chi connectivity index (χ0v) is 10.4. The van der Waals surface area contributed by atoms with Crippen molar-refractivity contribution in [3.05, 3.63) is 34.5 Å². The molecule has 0 aliphatic rings. The fourth-order valence-electron chi connectivity index (χ4n) is 1.45. The van der Waals surface area contributed by atoms with E-state index in [2.05, 4.69) is 43.0 Å². The van der Waals surface area contributed by atoms with Crippen LogP contribution in [0.3, 0.4) is 0 Å². The summed E-state index contributed by atoms with van der Waals surface area (Å²) < 4.78 is 0. The Morgan fingerprint density at radius 3 is 2.93 bits per heavy atom. The molecule has 0 fully saturated rings. The van der Waals surface area contributed by atoms with E-state index in [1.165, 1.54) is 4.88 Å². The highest BCUT2D eigenvalue weighted by Crippen LogP contribution is 2.13. The van der Waals surface area contributed by atoms with Gasteiger partial charge >= 0.3 is 0 Å². The van der Waals surface area contributed by atoms with E-state index >= 15 is 0 Å². The van der Waals surface area contributed by atoms with Crippen LogP contribution in [0.15, 0.2) is 29.7 Å². The molecule has 3 heteroatoms. The molecule has 0 bridgehead atoms. The first-order chi connectivity index (χ1) is 7.13. The molecule has 0 aliphatic carbocycles. The fraction of sp³-hybridized carbons (Fsp3) is 0.500. The van der Waals surface area contributed by atoms with Crippen molar-refractivity contribution >= 4 is 11.3 Å². The molecule has 1 atom stereocenters. The summed E-state index contributed by atoms with van der Waals surface area (Å²) in [5, 5.41) is 2.13. The Morgan fingerprint density at radius 1 is 1.67 bits per heavy atom. The lowest BCUT2D eigenvalue weighted by Crippen LogP contribution is -2.33. The van der Waals surface area contributed by atoms with Crippen LogP contribution < -0.4 is 5.73 Å². The highest BCUT2D eigenvalue weighted by atomic mass is 32.1. The van der Waals surface area contributed by atoms with Gasteiger partial charge in [0.25, 0.3) is 0 Å². The smallest absolute Gasteiger partial charge is 0.0202 e. The minimum absolute atomic E-state index is 0.534. The van der Waals surface area contributed by atoms with E-state index in [9.17, 15) is 0 Å². The largest absolute Gasteiger partial charge is 0.327 e. The third kappa shape index (κ3) is 4.16. The molecule has 2 nitrogen and oxygen atoms in total. The van der Waals surface area contributed by atoms with Gasteiger partial charge in [-0.05, 0) is 37.4 Å². The van der Waals surface area contributed by atoms with Crippen LogP contribution in [0, 0.1) is 0 Å². The molecule has 1 heterocycles. The van der Waals surface area contributed by atoms with Gasteiger partial charge in [-0.25, -0.2) is 0 Å². The third-order valence-electron chi connectivity index (χ3n) is 2.59. The molecule has 2 N–H and O–H groups in total. The minimum Gasteiger partial charge on any atom is -0.327 e. The number of thiophene rings is 1. The summed E-state index contributed by atoms with van der Waals surface area (Å²) in [6.07, 6.45) is 1.10. The second kappa shape index (κ2) is 6.05. The summed E-state index contributed by atoms with van der Waals surface area (Å²) in [4.78, 5) is 3.74. The van der Waals surface area contributed by atoms with Gasteiger partial charge < -0.3 is 5.73 Å². The van der Waals surface area contributed by atoms with E-state index in [-0.39, 0.29) is 0 Å². The number of hydrogen-bond donors (Lipinski definition) is 1. The van der Waals surface area contributed by atoms with Crippen LogP contribution in [0.4, 0.5) is 0 Å². The molecule has 0 radical (unpaired) electrons. The minimum atomic E-state index is 0.534. The lowest BCUT2D eigenvalue weighted by atomic mass is 10.1. The molecule has 0 aromatic carbocycles. The molecular formula is C12H20N2S. The average Bonchev–Trinajstić information content (AvgIpc) is 2.70. The van der Waals surface area contributed by atoms with Crippen molar-refractivity contribution in [1.82, 2.24) is 4.90 Å². The van der Waals surface area contributed by atoms with E-state index in [1.807, 2.05) is 11.3 Å². The van der Waals surface area contributed by atoms with Crippen molar-refractivity contribution < 1.29 is 0 Å². The maximum absolute atomic E-state index is 5.53. The normalized spacial score (nSPS) is 13.1. The zero-order valence-electron chi connectivity index (χ0n) is 9.57. The summed E-state index contributed by atoms with van der Waals surface area (Å²) in [5.74, 6) is 0. The van der Waals surface area contributed by atoms with Crippen molar-refractivity contribution in [1.29, 1.82) is 0 Å². The van der Waals surface area contributed by atoms with Crippen molar-refractivity contribution in [2.75, 3.05) is 20.1 Å². The van der Waals surface area contributed by atoms with Gasteiger partial charge in [0, 0.05) is 24.0 Å². The second-order valence-electron chi connectivity index (χ2n) is 4.00. The van der Waals surface area contributed by atoms with Gasteiger partial charge in [0.05, 0.1) is 0 Å². The summed E-state index contributed by atoms with van der Waals surface area (Å²) >= 11 is 1.82. The number of likely N-dealkylation sites (N-methyl/N-ethyl adjacent to an activating group) is 1. The van der Waals surface area contributed by atoms with Crippen LogP contribution in [-0.4, -0.2) is 31.1 Å². The molecule has 0 saturated heterocycles. The summed E-state index contributed by atoms with van der Waals surface area (Å²) in [6.45, 7) is 7.64. The van der Waals surface area contributed by atoms with Crippen LogP contribution in [0.5, 0.6) is 0 Å². The van der Waals surface area contributed by atoms with E-state index in [4.69, 9.17) is 5.73 Å². The van der Waals surface area contributed by atoms with Gasteiger partial charge in [-0.15, -0.1) is 11.3 Å².